The molecule has 0 atom stereocenters. The highest BCUT2D eigenvalue weighted by Crippen LogP contribution is 2.24. The molecule has 26 heavy (non-hydrogen) atoms. The average molecular weight is 351 g/mol. The van der Waals surface area contributed by atoms with Crippen LogP contribution < -0.4 is 10.1 Å². The van der Waals surface area contributed by atoms with Crippen LogP contribution in [0.15, 0.2) is 65.1 Å². The second-order valence-corrected chi connectivity index (χ2v) is 5.83. The van der Waals surface area contributed by atoms with Crippen LogP contribution in [-0.4, -0.2) is 17.6 Å². The fraction of sp³-hybridized carbons (Fsp3) is 0.190. The average Bonchev–Trinajstić information content (AvgIpc) is 3.16. The predicted octanol–water partition coefficient (Wildman–Crippen LogP) is 4.48. The summed E-state index contributed by atoms with van der Waals surface area (Å²) < 4.78 is 11.0. The molecule has 0 aliphatic carbocycles. The molecule has 1 heterocycles. The molecule has 0 spiro atoms. The maximum absolute atomic E-state index is 12.3. The Morgan fingerprint density at radius 3 is 2.38 bits per heavy atom. The summed E-state index contributed by atoms with van der Waals surface area (Å²) in [5.74, 6) is 1.77. The van der Waals surface area contributed by atoms with E-state index in [1.165, 1.54) is 0 Å². The fourth-order valence-corrected chi connectivity index (χ4v) is 2.46. The molecule has 134 valence electrons. The van der Waals surface area contributed by atoms with Gasteiger partial charge in [0, 0.05) is 16.8 Å². The Bertz CT molecular complexity index is 850. The summed E-state index contributed by atoms with van der Waals surface area (Å²) in [4.78, 5) is 12.3. The van der Waals surface area contributed by atoms with Gasteiger partial charge in [-0.15, -0.1) is 0 Å². The van der Waals surface area contributed by atoms with E-state index in [2.05, 4.69) is 5.32 Å². The lowest BCUT2D eigenvalue weighted by atomic mass is 10.1. The Hall–Kier alpha value is -3.05. The third kappa shape index (κ3) is 4.32. The van der Waals surface area contributed by atoms with Gasteiger partial charge in [-0.1, -0.05) is 6.92 Å². The summed E-state index contributed by atoms with van der Waals surface area (Å²) in [6.45, 7) is 2.58. The first-order chi connectivity index (χ1) is 12.7. The zero-order chi connectivity index (χ0) is 18.4. The van der Waals surface area contributed by atoms with Gasteiger partial charge >= 0.3 is 0 Å². The van der Waals surface area contributed by atoms with E-state index >= 15 is 0 Å². The summed E-state index contributed by atoms with van der Waals surface area (Å²) in [7, 11) is 0. The van der Waals surface area contributed by atoms with Crippen LogP contribution in [0.4, 0.5) is 5.69 Å². The van der Waals surface area contributed by atoms with Crippen molar-refractivity contribution < 1.29 is 19.1 Å². The third-order valence-corrected chi connectivity index (χ3v) is 3.83. The number of aliphatic hydroxyl groups is 1. The summed E-state index contributed by atoms with van der Waals surface area (Å²) in [6, 6.07) is 18.0. The van der Waals surface area contributed by atoms with Gasteiger partial charge in [-0.2, -0.15) is 0 Å². The van der Waals surface area contributed by atoms with Gasteiger partial charge in [0.05, 0.1) is 6.61 Å². The summed E-state index contributed by atoms with van der Waals surface area (Å²) in [5.41, 5.74) is 2.13. The number of carbonyl (C=O) groups is 1. The second-order valence-electron chi connectivity index (χ2n) is 5.83. The van der Waals surface area contributed by atoms with Gasteiger partial charge in [0.25, 0.3) is 5.91 Å². The molecular formula is C21H21NO4. The number of hydrogen-bond donors (Lipinski definition) is 2. The summed E-state index contributed by atoms with van der Waals surface area (Å²) >= 11 is 0. The van der Waals surface area contributed by atoms with Crippen molar-refractivity contribution in [3.8, 4) is 17.1 Å². The van der Waals surface area contributed by atoms with Gasteiger partial charge in [0.2, 0.25) is 0 Å². The molecule has 0 fully saturated rings. The van der Waals surface area contributed by atoms with Crippen LogP contribution in [-0.2, 0) is 6.61 Å². The monoisotopic (exact) mass is 351 g/mol. The number of carbonyl (C=O) groups excluding carboxylic acids is 1. The third-order valence-electron chi connectivity index (χ3n) is 3.83. The topological polar surface area (TPSA) is 71.7 Å². The Labute approximate surface area is 152 Å². The first-order valence-electron chi connectivity index (χ1n) is 8.54. The number of ether oxygens (including phenoxy) is 1. The second kappa shape index (κ2) is 8.36. The number of hydrogen-bond acceptors (Lipinski definition) is 4. The molecule has 5 nitrogen and oxygen atoms in total. The van der Waals surface area contributed by atoms with Crippen LogP contribution >= 0.6 is 0 Å². The van der Waals surface area contributed by atoms with Gasteiger partial charge in [-0.05, 0) is 67.1 Å². The molecule has 3 rings (SSSR count). The molecule has 2 aromatic carbocycles. The first-order valence-corrected chi connectivity index (χ1v) is 8.54. The summed E-state index contributed by atoms with van der Waals surface area (Å²) in [6.07, 6.45) is 0.942. The van der Waals surface area contributed by atoms with E-state index in [1.54, 1.807) is 36.4 Å². The molecule has 0 aliphatic rings. The van der Waals surface area contributed by atoms with Gasteiger partial charge in [-0.25, -0.2) is 0 Å². The fourth-order valence-electron chi connectivity index (χ4n) is 2.46. The normalized spacial score (nSPS) is 10.5. The number of benzene rings is 2. The van der Waals surface area contributed by atoms with E-state index in [-0.39, 0.29) is 12.5 Å². The van der Waals surface area contributed by atoms with Crippen LogP contribution in [0.25, 0.3) is 11.3 Å². The molecule has 0 unspecified atom stereocenters. The number of rotatable bonds is 7. The largest absolute Gasteiger partial charge is 0.494 e. The van der Waals surface area contributed by atoms with E-state index in [0.29, 0.717) is 29.4 Å². The zero-order valence-corrected chi connectivity index (χ0v) is 14.6. The minimum absolute atomic E-state index is 0.129. The highest BCUT2D eigenvalue weighted by molar-refractivity contribution is 6.04. The van der Waals surface area contributed by atoms with Crippen molar-refractivity contribution >= 4 is 11.6 Å². The number of furan rings is 1. The van der Waals surface area contributed by atoms with Crippen molar-refractivity contribution in [3.05, 3.63) is 72.0 Å². The molecular weight excluding hydrogens is 330 g/mol. The zero-order valence-electron chi connectivity index (χ0n) is 14.6. The van der Waals surface area contributed by atoms with E-state index in [4.69, 9.17) is 14.3 Å². The van der Waals surface area contributed by atoms with E-state index < -0.39 is 0 Å². The Morgan fingerprint density at radius 1 is 1.04 bits per heavy atom. The highest BCUT2D eigenvalue weighted by Gasteiger charge is 2.08. The Balaban J connectivity index is 1.63. The number of anilines is 1. The highest BCUT2D eigenvalue weighted by atomic mass is 16.5. The number of aliphatic hydroxyl groups excluding tert-OH is 1. The minimum atomic E-state index is -0.180. The van der Waals surface area contributed by atoms with Crippen molar-refractivity contribution in [1.29, 1.82) is 0 Å². The van der Waals surface area contributed by atoms with Crippen molar-refractivity contribution in [1.82, 2.24) is 0 Å². The van der Waals surface area contributed by atoms with E-state index in [9.17, 15) is 4.79 Å². The van der Waals surface area contributed by atoms with Crippen molar-refractivity contribution in [2.24, 2.45) is 0 Å². The smallest absolute Gasteiger partial charge is 0.255 e. The quantitative estimate of drug-likeness (QED) is 0.658. The standard InChI is InChI=1S/C21H21NO4/c1-2-13-25-18-9-5-16(6-10-18)21(24)22-17-7-3-15(4-8-17)20-12-11-19(14-23)26-20/h3-12,23H,2,13-14H2,1H3,(H,22,24). The molecule has 0 bridgehead atoms. The van der Waals surface area contributed by atoms with Crippen LogP contribution in [0.3, 0.4) is 0 Å². The van der Waals surface area contributed by atoms with Gasteiger partial charge in [0.15, 0.2) is 0 Å². The molecule has 0 saturated heterocycles. The molecule has 0 saturated carbocycles. The maximum Gasteiger partial charge on any atom is 0.255 e. The van der Waals surface area contributed by atoms with Crippen LogP contribution in [0.2, 0.25) is 0 Å². The van der Waals surface area contributed by atoms with E-state index in [0.717, 1.165) is 17.7 Å². The molecule has 2 N–H and O–H groups in total. The molecule has 0 radical (unpaired) electrons. The van der Waals surface area contributed by atoms with Crippen LogP contribution in [0.1, 0.15) is 29.5 Å². The molecule has 5 heteroatoms. The van der Waals surface area contributed by atoms with Gasteiger partial charge in [-0.3, -0.25) is 4.79 Å². The SMILES string of the molecule is CCCOc1ccc(C(=O)Nc2ccc(-c3ccc(CO)o3)cc2)cc1. The predicted molar refractivity (Wildman–Crippen MR) is 100 cm³/mol. The Morgan fingerprint density at radius 2 is 1.77 bits per heavy atom. The maximum atomic E-state index is 12.3. The Kier molecular flexibility index (Phi) is 5.71. The van der Waals surface area contributed by atoms with Gasteiger partial charge in [0.1, 0.15) is 23.9 Å². The van der Waals surface area contributed by atoms with Gasteiger partial charge < -0.3 is 19.6 Å². The molecule has 0 aliphatic heterocycles. The number of nitrogens with one attached hydrogen (secondary N) is 1. The lowest BCUT2D eigenvalue weighted by Gasteiger charge is -2.08. The first kappa shape index (κ1) is 17.8. The lowest BCUT2D eigenvalue weighted by Crippen LogP contribution is -2.11. The van der Waals surface area contributed by atoms with Crippen LogP contribution in [0, 0.1) is 0 Å². The number of amides is 1. The van der Waals surface area contributed by atoms with E-state index in [1.807, 2.05) is 31.2 Å². The lowest BCUT2D eigenvalue weighted by molar-refractivity contribution is 0.102. The van der Waals surface area contributed by atoms with Crippen molar-refractivity contribution in [2.45, 2.75) is 20.0 Å². The van der Waals surface area contributed by atoms with Crippen molar-refractivity contribution in [2.75, 3.05) is 11.9 Å². The molecule has 3 aromatic rings. The summed E-state index contributed by atoms with van der Waals surface area (Å²) in [5, 5.41) is 11.9. The minimum Gasteiger partial charge on any atom is -0.494 e. The molecule has 1 amide bonds. The van der Waals surface area contributed by atoms with Crippen molar-refractivity contribution in [3.63, 3.8) is 0 Å². The molecule has 1 aromatic heterocycles. The van der Waals surface area contributed by atoms with Crippen LogP contribution in [0.5, 0.6) is 5.75 Å².